The van der Waals surface area contributed by atoms with E-state index in [2.05, 4.69) is 53.0 Å². The second kappa shape index (κ2) is 12.4. The van der Waals surface area contributed by atoms with Crippen molar-refractivity contribution in [2.24, 2.45) is 10.9 Å². The van der Waals surface area contributed by atoms with Crippen molar-refractivity contribution >= 4 is 29.9 Å². The molecule has 2 unspecified atom stereocenters. The number of ether oxygens (including phenoxy) is 1. The summed E-state index contributed by atoms with van der Waals surface area (Å²) in [5.74, 6) is 1.79. The minimum Gasteiger partial charge on any atom is -0.379 e. The summed E-state index contributed by atoms with van der Waals surface area (Å²) >= 11 is 0. The summed E-state index contributed by atoms with van der Waals surface area (Å²) in [6.45, 7) is 11.6. The van der Waals surface area contributed by atoms with Gasteiger partial charge in [0.1, 0.15) is 0 Å². The fourth-order valence-electron chi connectivity index (χ4n) is 4.31. The molecule has 0 aromatic heterocycles. The molecule has 2 aliphatic heterocycles. The molecule has 1 N–H and O–H groups in total. The van der Waals surface area contributed by atoms with Crippen LogP contribution in [0, 0.1) is 5.92 Å². The number of guanidine groups is 1. The van der Waals surface area contributed by atoms with Gasteiger partial charge in [-0.1, -0.05) is 26.7 Å². The molecule has 0 amide bonds. The summed E-state index contributed by atoms with van der Waals surface area (Å²) < 4.78 is 5.49. The van der Waals surface area contributed by atoms with Gasteiger partial charge in [0.15, 0.2) is 5.96 Å². The van der Waals surface area contributed by atoms with E-state index in [1.54, 1.807) is 0 Å². The van der Waals surface area contributed by atoms with Gasteiger partial charge >= 0.3 is 0 Å². The van der Waals surface area contributed by atoms with Crippen LogP contribution in [0.15, 0.2) is 4.99 Å². The van der Waals surface area contributed by atoms with Gasteiger partial charge in [0.2, 0.25) is 0 Å². The Kier molecular flexibility index (Phi) is 11.4. The molecule has 6 nitrogen and oxygen atoms in total. The molecule has 0 radical (unpaired) electrons. The average Bonchev–Trinajstić information content (AvgIpc) is 3.12. The molecule has 2 aliphatic rings. The topological polar surface area (TPSA) is 43.3 Å². The van der Waals surface area contributed by atoms with Crippen LogP contribution in [-0.2, 0) is 4.74 Å². The largest absolute Gasteiger partial charge is 0.379 e. The zero-order valence-electron chi connectivity index (χ0n) is 17.4. The van der Waals surface area contributed by atoms with Crippen LogP contribution < -0.4 is 5.32 Å². The van der Waals surface area contributed by atoms with Crippen LogP contribution in [-0.4, -0.2) is 99.8 Å². The molecule has 0 aromatic carbocycles. The van der Waals surface area contributed by atoms with Gasteiger partial charge in [-0.05, 0) is 26.4 Å². The van der Waals surface area contributed by atoms with Gasteiger partial charge in [-0.3, -0.25) is 9.89 Å². The number of hydrogen-bond donors (Lipinski definition) is 1. The number of nitrogens with one attached hydrogen (secondary N) is 1. The number of hydrogen-bond acceptors (Lipinski definition) is 4. The van der Waals surface area contributed by atoms with Gasteiger partial charge in [-0.25, -0.2) is 0 Å². The van der Waals surface area contributed by atoms with Gasteiger partial charge in [-0.2, -0.15) is 0 Å². The molecule has 26 heavy (non-hydrogen) atoms. The maximum atomic E-state index is 5.49. The summed E-state index contributed by atoms with van der Waals surface area (Å²) in [6.07, 6.45) is 3.68. The Bertz CT molecular complexity index is 411. The second-order valence-corrected chi connectivity index (χ2v) is 7.57. The first kappa shape index (κ1) is 23.9. The molecular weight excluding hydrogens is 441 g/mol. The minimum atomic E-state index is 0. The van der Waals surface area contributed by atoms with Crippen molar-refractivity contribution in [2.75, 3.05) is 67.1 Å². The molecular formula is C19H40IN5O. The van der Waals surface area contributed by atoms with E-state index in [0.29, 0.717) is 12.1 Å². The lowest BCUT2D eigenvalue weighted by Crippen LogP contribution is -2.50. The normalized spacial score (nSPS) is 23.4. The zero-order chi connectivity index (χ0) is 18.2. The smallest absolute Gasteiger partial charge is 0.193 e. The van der Waals surface area contributed by atoms with Gasteiger partial charge in [0, 0.05) is 51.9 Å². The summed E-state index contributed by atoms with van der Waals surface area (Å²) in [5.41, 5.74) is 0. The van der Waals surface area contributed by atoms with E-state index in [-0.39, 0.29) is 24.0 Å². The first-order valence-electron chi connectivity index (χ1n) is 10.0. The van der Waals surface area contributed by atoms with E-state index < -0.39 is 0 Å². The van der Waals surface area contributed by atoms with Crippen molar-refractivity contribution in [1.82, 2.24) is 20.0 Å². The van der Waals surface area contributed by atoms with Crippen molar-refractivity contribution in [3.8, 4) is 0 Å². The Balaban J connectivity index is 0.00000338. The van der Waals surface area contributed by atoms with Crippen molar-refractivity contribution in [2.45, 2.75) is 45.2 Å². The van der Waals surface area contributed by atoms with Crippen LogP contribution >= 0.6 is 24.0 Å². The Morgan fingerprint density at radius 2 is 1.85 bits per heavy atom. The number of likely N-dealkylation sites (N-methyl/N-ethyl adjacent to an activating group) is 1. The number of aliphatic imine (C=N–C) groups is 1. The summed E-state index contributed by atoms with van der Waals surface area (Å²) in [7, 11) is 6.29. The summed E-state index contributed by atoms with van der Waals surface area (Å²) in [5, 5.41) is 3.66. The van der Waals surface area contributed by atoms with Crippen molar-refractivity contribution in [3.05, 3.63) is 0 Å². The second-order valence-electron chi connectivity index (χ2n) is 7.57. The van der Waals surface area contributed by atoms with E-state index in [1.807, 2.05) is 7.05 Å². The van der Waals surface area contributed by atoms with Crippen LogP contribution in [0.3, 0.4) is 0 Å². The van der Waals surface area contributed by atoms with E-state index >= 15 is 0 Å². The average molecular weight is 481 g/mol. The van der Waals surface area contributed by atoms with Crippen LogP contribution in [0.25, 0.3) is 0 Å². The van der Waals surface area contributed by atoms with E-state index in [0.717, 1.165) is 57.8 Å². The predicted molar refractivity (Wildman–Crippen MR) is 121 cm³/mol. The van der Waals surface area contributed by atoms with Crippen LogP contribution in [0.1, 0.15) is 33.1 Å². The molecule has 0 aromatic rings. The molecule has 7 heteroatoms. The van der Waals surface area contributed by atoms with Crippen molar-refractivity contribution in [1.29, 1.82) is 0 Å². The van der Waals surface area contributed by atoms with Crippen LogP contribution in [0.5, 0.6) is 0 Å². The van der Waals surface area contributed by atoms with Gasteiger partial charge in [-0.15, -0.1) is 24.0 Å². The minimum absolute atomic E-state index is 0. The van der Waals surface area contributed by atoms with Gasteiger partial charge in [0.25, 0.3) is 0 Å². The van der Waals surface area contributed by atoms with Gasteiger partial charge < -0.3 is 19.9 Å². The number of halogens is 1. The quantitative estimate of drug-likeness (QED) is 0.342. The third kappa shape index (κ3) is 6.49. The monoisotopic (exact) mass is 481 g/mol. The van der Waals surface area contributed by atoms with E-state index in [9.17, 15) is 0 Å². The SMILES string of the molecule is CCC(CC)C(CNC(=NC)N1CCC(N2CCOCC2)C1)N(C)C.I. The lowest BCUT2D eigenvalue weighted by atomic mass is 9.93. The van der Waals surface area contributed by atoms with Crippen LogP contribution in [0.4, 0.5) is 0 Å². The third-order valence-electron chi connectivity index (χ3n) is 5.96. The van der Waals surface area contributed by atoms with E-state index in [1.165, 1.54) is 19.3 Å². The fraction of sp³-hybridized carbons (Fsp3) is 0.947. The molecule has 0 saturated carbocycles. The Hall–Kier alpha value is -0.120. The van der Waals surface area contributed by atoms with Crippen LogP contribution in [0.2, 0.25) is 0 Å². The molecule has 0 spiro atoms. The maximum Gasteiger partial charge on any atom is 0.193 e. The highest BCUT2D eigenvalue weighted by molar-refractivity contribution is 14.0. The fourth-order valence-corrected chi connectivity index (χ4v) is 4.31. The third-order valence-corrected chi connectivity index (χ3v) is 5.96. The highest BCUT2D eigenvalue weighted by atomic mass is 127. The zero-order valence-corrected chi connectivity index (χ0v) is 19.7. The predicted octanol–water partition coefficient (Wildman–Crippen LogP) is 1.95. The molecule has 0 bridgehead atoms. The molecule has 2 rings (SSSR count). The summed E-state index contributed by atoms with van der Waals surface area (Å²) in [4.78, 5) is 11.9. The first-order valence-corrected chi connectivity index (χ1v) is 10.0. The van der Waals surface area contributed by atoms with E-state index in [4.69, 9.17) is 4.74 Å². The molecule has 154 valence electrons. The highest BCUT2D eigenvalue weighted by Crippen LogP contribution is 2.18. The Morgan fingerprint density at radius 1 is 1.19 bits per heavy atom. The molecule has 2 atom stereocenters. The first-order chi connectivity index (χ1) is 12.1. The lowest BCUT2D eigenvalue weighted by molar-refractivity contribution is 0.0194. The number of nitrogens with zero attached hydrogens (tertiary/aromatic N) is 4. The molecule has 0 aliphatic carbocycles. The standard InChI is InChI=1S/C19H39N5O.HI/c1-6-16(7-2)18(22(4)5)14-21-19(20-3)24-9-8-17(15-24)23-10-12-25-13-11-23;/h16-18H,6-15H2,1-5H3,(H,20,21);1H. The molecule has 2 heterocycles. The van der Waals surface area contributed by atoms with Gasteiger partial charge in [0.05, 0.1) is 13.2 Å². The highest BCUT2D eigenvalue weighted by Gasteiger charge is 2.30. The lowest BCUT2D eigenvalue weighted by Gasteiger charge is -2.34. The van der Waals surface area contributed by atoms with Crippen molar-refractivity contribution < 1.29 is 4.74 Å². The number of morpholine rings is 1. The summed E-state index contributed by atoms with van der Waals surface area (Å²) in [6, 6.07) is 1.19. The molecule has 2 saturated heterocycles. The maximum absolute atomic E-state index is 5.49. The Morgan fingerprint density at radius 3 is 2.38 bits per heavy atom. The number of likely N-dealkylation sites (tertiary alicyclic amines) is 1. The number of rotatable bonds is 7. The van der Waals surface area contributed by atoms with Crippen molar-refractivity contribution in [3.63, 3.8) is 0 Å². The Labute approximate surface area is 177 Å². The molecule has 2 fully saturated rings.